The van der Waals surface area contributed by atoms with Crippen LogP contribution in [0.3, 0.4) is 0 Å². The van der Waals surface area contributed by atoms with Crippen LogP contribution in [0, 0.1) is 0 Å². The number of carboxylic acids is 1. The Morgan fingerprint density at radius 3 is 2.77 bits per heavy atom. The lowest BCUT2D eigenvalue weighted by Crippen LogP contribution is -2.44. The van der Waals surface area contributed by atoms with Crippen molar-refractivity contribution in [2.45, 2.75) is 25.5 Å². The smallest absolute Gasteiger partial charge is 0.408 e. The fourth-order valence-electron chi connectivity index (χ4n) is 2.67. The Kier molecular flexibility index (Phi) is 6.81. The van der Waals surface area contributed by atoms with Crippen molar-refractivity contribution in [2.75, 3.05) is 10.9 Å². The van der Waals surface area contributed by atoms with Crippen LogP contribution in [0.15, 0.2) is 53.6 Å². The van der Waals surface area contributed by atoms with Crippen LogP contribution in [0.4, 0.5) is 16.2 Å². The molecule has 1 aliphatic rings. The van der Waals surface area contributed by atoms with Crippen LogP contribution in [0.25, 0.3) is 0 Å². The molecule has 6 N–H and O–H groups in total. The molecule has 0 aromatic heterocycles. The van der Waals surface area contributed by atoms with Crippen molar-refractivity contribution in [3.63, 3.8) is 0 Å². The van der Waals surface area contributed by atoms with Crippen LogP contribution < -0.4 is 27.1 Å². The minimum atomic E-state index is -1.17. The van der Waals surface area contributed by atoms with Crippen molar-refractivity contribution in [1.82, 2.24) is 16.3 Å². The predicted octanol–water partition coefficient (Wildman–Crippen LogP) is 2.22. The Morgan fingerprint density at radius 1 is 1.27 bits per heavy atom. The number of carboxylic acid groups (broad SMARTS) is 1. The maximum atomic E-state index is 11.9. The van der Waals surface area contributed by atoms with Crippen molar-refractivity contribution in [3.05, 3.63) is 59.1 Å². The van der Waals surface area contributed by atoms with Crippen LogP contribution in [-0.2, 0) is 16.1 Å². The summed E-state index contributed by atoms with van der Waals surface area (Å²) < 4.78 is 5.07. The summed E-state index contributed by atoms with van der Waals surface area (Å²) in [5.41, 5.74) is 13.5. The van der Waals surface area contributed by atoms with Crippen molar-refractivity contribution in [2.24, 2.45) is 5.10 Å². The van der Waals surface area contributed by atoms with E-state index in [4.69, 9.17) is 22.1 Å². The Morgan fingerprint density at radius 2 is 2.03 bits per heavy atom. The second kappa shape index (κ2) is 9.70. The van der Waals surface area contributed by atoms with Crippen LogP contribution in [-0.4, -0.2) is 29.0 Å². The van der Waals surface area contributed by atoms with E-state index in [2.05, 4.69) is 21.4 Å². The summed E-state index contributed by atoms with van der Waals surface area (Å²) in [6.45, 7) is 0.0488. The molecule has 0 spiro atoms. The van der Waals surface area contributed by atoms with Crippen molar-refractivity contribution in [1.29, 1.82) is 0 Å². The quantitative estimate of drug-likeness (QED) is 0.400. The Hall–Kier alpha value is -3.66. The van der Waals surface area contributed by atoms with Gasteiger partial charge in [-0.2, -0.15) is 10.7 Å². The fraction of sp³-hybridized carbons (Fsp3) is 0.211. The SMILES string of the molecule is Nc1ccc(Cl)cc1N1NN=C(CC[C@H](NC(=O)OCc2ccccc2)C(=O)O)N1. The van der Waals surface area contributed by atoms with Gasteiger partial charge in [0.05, 0.1) is 5.69 Å². The van der Waals surface area contributed by atoms with Crippen LogP contribution >= 0.6 is 11.6 Å². The summed E-state index contributed by atoms with van der Waals surface area (Å²) in [5, 5.41) is 17.8. The maximum Gasteiger partial charge on any atom is 0.408 e. The zero-order chi connectivity index (χ0) is 21.5. The highest BCUT2D eigenvalue weighted by Gasteiger charge is 2.24. The van der Waals surface area contributed by atoms with Crippen molar-refractivity contribution >= 4 is 40.9 Å². The zero-order valence-corrected chi connectivity index (χ0v) is 16.6. The maximum absolute atomic E-state index is 11.9. The van der Waals surface area contributed by atoms with Gasteiger partial charge >= 0.3 is 12.1 Å². The third-order valence-electron chi connectivity index (χ3n) is 4.23. The van der Waals surface area contributed by atoms with Crippen LogP contribution in [0.2, 0.25) is 5.02 Å². The lowest BCUT2D eigenvalue weighted by molar-refractivity contribution is -0.139. The number of nitrogen functional groups attached to an aromatic ring is 1. The zero-order valence-electron chi connectivity index (χ0n) is 15.8. The molecular formula is C19H21ClN6O4. The van der Waals surface area contributed by atoms with Gasteiger partial charge in [0.2, 0.25) is 0 Å². The van der Waals surface area contributed by atoms with E-state index in [-0.39, 0.29) is 19.4 Å². The normalized spacial score (nSPS) is 13.6. The van der Waals surface area contributed by atoms with E-state index < -0.39 is 18.1 Å². The molecule has 2 aromatic rings. The number of halogens is 1. The van der Waals surface area contributed by atoms with Gasteiger partial charge in [-0.3, -0.25) is 5.43 Å². The molecule has 0 aliphatic carbocycles. The van der Waals surface area contributed by atoms with Crippen molar-refractivity contribution < 1.29 is 19.4 Å². The minimum absolute atomic E-state index is 0.0488. The third kappa shape index (κ3) is 5.67. The lowest BCUT2D eigenvalue weighted by atomic mass is 10.1. The molecule has 0 fully saturated rings. The number of ether oxygens (including phenoxy) is 1. The van der Waals surface area contributed by atoms with Crippen molar-refractivity contribution in [3.8, 4) is 0 Å². The number of benzene rings is 2. The number of carbonyl (C=O) groups excluding carboxylic acids is 1. The van der Waals surface area contributed by atoms with Crippen LogP contribution in [0.1, 0.15) is 18.4 Å². The number of nitrogens with one attached hydrogen (secondary N) is 3. The number of nitrogens with two attached hydrogens (primary N) is 1. The van der Waals surface area contributed by atoms with Gasteiger partial charge in [0.25, 0.3) is 0 Å². The lowest BCUT2D eigenvalue weighted by Gasteiger charge is -2.20. The Bertz CT molecular complexity index is 940. The molecule has 0 unspecified atom stereocenters. The average Bonchev–Trinajstić information content (AvgIpc) is 3.20. The van der Waals surface area contributed by atoms with Gasteiger partial charge in [-0.1, -0.05) is 41.9 Å². The number of nitrogens with zero attached hydrogens (tertiary/aromatic N) is 2. The number of carbonyl (C=O) groups is 2. The van der Waals surface area contributed by atoms with Gasteiger partial charge in [-0.05, 0) is 30.2 Å². The molecule has 0 radical (unpaired) electrons. The number of anilines is 2. The number of aliphatic carboxylic acids is 1. The molecule has 0 saturated carbocycles. The Labute approximate surface area is 177 Å². The first-order valence-electron chi connectivity index (χ1n) is 9.06. The average molecular weight is 433 g/mol. The second-order valence-electron chi connectivity index (χ2n) is 6.44. The molecule has 2 aromatic carbocycles. The number of hydrogen-bond donors (Lipinski definition) is 5. The number of alkyl carbamates (subject to hydrolysis) is 1. The molecule has 1 heterocycles. The largest absolute Gasteiger partial charge is 0.480 e. The monoisotopic (exact) mass is 432 g/mol. The minimum Gasteiger partial charge on any atom is -0.480 e. The highest BCUT2D eigenvalue weighted by molar-refractivity contribution is 6.31. The number of hydrazine groups is 2. The molecule has 1 atom stereocenters. The van der Waals surface area contributed by atoms with E-state index in [1.165, 1.54) is 5.12 Å². The van der Waals surface area contributed by atoms with E-state index >= 15 is 0 Å². The first-order chi connectivity index (χ1) is 14.4. The second-order valence-corrected chi connectivity index (χ2v) is 6.88. The highest BCUT2D eigenvalue weighted by atomic mass is 35.5. The van der Waals surface area contributed by atoms with E-state index in [9.17, 15) is 14.7 Å². The molecule has 0 saturated heterocycles. The van der Waals surface area contributed by atoms with Gasteiger partial charge in [-0.15, -0.1) is 5.10 Å². The summed E-state index contributed by atoms with van der Waals surface area (Å²) in [6, 6.07) is 12.9. The molecular weight excluding hydrogens is 412 g/mol. The predicted molar refractivity (Wildman–Crippen MR) is 112 cm³/mol. The molecule has 11 heteroatoms. The first-order valence-corrected chi connectivity index (χ1v) is 9.44. The van der Waals surface area contributed by atoms with Gasteiger partial charge in [0.15, 0.2) is 0 Å². The topological polar surface area (TPSA) is 141 Å². The van der Waals surface area contributed by atoms with E-state index in [0.29, 0.717) is 22.2 Å². The van der Waals surface area contributed by atoms with E-state index in [0.717, 1.165) is 5.56 Å². The summed E-state index contributed by atoms with van der Waals surface area (Å²) in [6.07, 6.45) is -0.457. The van der Waals surface area contributed by atoms with Gasteiger partial charge in [0, 0.05) is 11.4 Å². The molecule has 0 bridgehead atoms. The standard InChI is InChI=1S/C19H21ClN6O4/c20-13-6-7-14(21)16(10-13)26-24-17(23-25-26)9-8-15(18(27)28)22-19(29)30-11-12-4-2-1-3-5-12/h1-7,10,15,25H,8-9,11,21H2,(H,22,29)(H,23,24)(H,27,28)/t15-/m0/s1. The van der Waals surface area contributed by atoms with E-state index in [1.54, 1.807) is 30.3 Å². The number of amides is 1. The highest BCUT2D eigenvalue weighted by Crippen LogP contribution is 2.25. The number of hydrogen-bond acceptors (Lipinski definition) is 8. The van der Waals surface area contributed by atoms with Gasteiger partial charge in [-0.25, -0.2) is 9.59 Å². The molecule has 158 valence electrons. The summed E-state index contributed by atoms with van der Waals surface area (Å²) in [5.74, 6) is -0.700. The number of rotatable bonds is 8. The molecule has 1 aliphatic heterocycles. The van der Waals surface area contributed by atoms with Gasteiger partial charge < -0.3 is 20.9 Å². The summed E-state index contributed by atoms with van der Waals surface area (Å²) in [7, 11) is 0. The summed E-state index contributed by atoms with van der Waals surface area (Å²) in [4.78, 5) is 23.4. The third-order valence-corrected chi connectivity index (χ3v) is 4.47. The summed E-state index contributed by atoms with van der Waals surface area (Å²) >= 11 is 5.99. The molecule has 30 heavy (non-hydrogen) atoms. The fourth-order valence-corrected chi connectivity index (χ4v) is 2.84. The molecule has 1 amide bonds. The van der Waals surface area contributed by atoms with Gasteiger partial charge in [0.1, 0.15) is 24.2 Å². The number of amidine groups is 1. The first kappa shape index (κ1) is 21.1. The molecule has 10 nitrogen and oxygen atoms in total. The van der Waals surface area contributed by atoms with Crippen LogP contribution in [0.5, 0.6) is 0 Å². The van der Waals surface area contributed by atoms with E-state index in [1.807, 2.05) is 18.2 Å². The molecule has 3 rings (SSSR count). The Balaban J connectivity index is 1.48. The number of hydrazone groups is 1.